The van der Waals surface area contributed by atoms with E-state index in [0.29, 0.717) is 6.04 Å². The molecule has 90 valence electrons. The summed E-state index contributed by atoms with van der Waals surface area (Å²) in [6.45, 7) is 4.31. The Morgan fingerprint density at radius 2 is 2.00 bits per heavy atom. The van der Waals surface area contributed by atoms with Gasteiger partial charge in [0.05, 0.1) is 16.1 Å². The van der Waals surface area contributed by atoms with Crippen molar-refractivity contribution in [1.82, 2.24) is 10.3 Å². The largest absolute Gasteiger partial charge is 0.313 e. The Morgan fingerprint density at radius 3 is 2.59 bits per heavy atom. The third kappa shape index (κ3) is 2.56. The quantitative estimate of drug-likeness (QED) is 0.890. The predicted octanol–water partition coefficient (Wildman–Crippen LogP) is 3.65. The lowest BCUT2D eigenvalue weighted by Gasteiger charge is -2.11. The molecule has 1 heterocycles. The summed E-state index contributed by atoms with van der Waals surface area (Å²) in [6, 6.07) is 9.16. The van der Waals surface area contributed by atoms with Gasteiger partial charge in [-0.1, -0.05) is 31.2 Å². The van der Waals surface area contributed by atoms with E-state index in [-0.39, 0.29) is 0 Å². The fraction of sp³-hybridized carbons (Fsp3) is 0.357. The molecule has 1 aromatic heterocycles. The van der Waals surface area contributed by atoms with E-state index in [9.17, 15) is 0 Å². The molecule has 17 heavy (non-hydrogen) atoms. The smallest absolute Gasteiger partial charge is 0.0801 e. The number of thiazole rings is 1. The van der Waals surface area contributed by atoms with Gasteiger partial charge in [0.15, 0.2) is 0 Å². The molecule has 1 unspecified atom stereocenters. The first-order valence-electron chi connectivity index (χ1n) is 5.96. The minimum Gasteiger partial charge on any atom is -0.313 e. The Bertz CT molecular complexity index is 473. The second-order valence-corrected chi connectivity index (χ2v) is 4.97. The Morgan fingerprint density at radius 1 is 1.29 bits per heavy atom. The lowest BCUT2D eigenvalue weighted by molar-refractivity contribution is 0.652. The number of nitrogens with one attached hydrogen (secondary N) is 1. The standard InChI is InChI=1S/C14H18N2S/c1-4-13-14(17-9-16-13)12-7-5-11(6-8-12)10(2)15-3/h5-10,15H,4H2,1-3H3. The third-order valence-corrected chi connectivity index (χ3v) is 4.00. The average molecular weight is 246 g/mol. The van der Waals surface area contributed by atoms with Crippen LogP contribution < -0.4 is 5.32 Å². The zero-order valence-electron chi connectivity index (χ0n) is 10.5. The molecule has 0 saturated heterocycles. The SMILES string of the molecule is CCc1ncsc1-c1ccc(C(C)NC)cc1. The van der Waals surface area contributed by atoms with Gasteiger partial charge in [-0.05, 0) is 31.5 Å². The molecule has 0 aliphatic heterocycles. The van der Waals surface area contributed by atoms with Crippen LogP contribution in [-0.4, -0.2) is 12.0 Å². The monoisotopic (exact) mass is 246 g/mol. The molecular weight excluding hydrogens is 228 g/mol. The van der Waals surface area contributed by atoms with E-state index in [1.807, 2.05) is 12.6 Å². The highest BCUT2D eigenvalue weighted by molar-refractivity contribution is 7.13. The van der Waals surface area contributed by atoms with Crippen LogP contribution in [0.2, 0.25) is 0 Å². The van der Waals surface area contributed by atoms with Gasteiger partial charge in [-0.2, -0.15) is 0 Å². The number of hydrogen-bond acceptors (Lipinski definition) is 3. The molecular formula is C14H18N2S. The number of aromatic nitrogens is 1. The first-order chi connectivity index (χ1) is 8.26. The van der Waals surface area contributed by atoms with E-state index in [1.165, 1.54) is 21.7 Å². The summed E-state index contributed by atoms with van der Waals surface area (Å²) in [5.41, 5.74) is 5.72. The summed E-state index contributed by atoms with van der Waals surface area (Å²) >= 11 is 1.72. The summed E-state index contributed by atoms with van der Waals surface area (Å²) in [4.78, 5) is 5.69. The van der Waals surface area contributed by atoms with Crippen LogP contribution in [0.1, 0.15) is 31.1 Å². The molecule has 0 aliphatic rings. The highest BCUT2D eigenvalue weighted by atomic mass is 32.1. The molecule has 1 N–H and O–H groups in total. The Labute approximate surface area is 107 Å². The van der Waals surface area contributed by atoms with Crippen molar-refractivity contribution < 1.29 is 0 Å². The molecule has 0 amide bonds. The topological polar surface area (TPSA) is 24.9 Å². The summed E-state index contributed by atoms with van der Waals surface area (Å²) in [7, 11) is 1.98. The molecule has 2 nitrogen and oxygen atoms in total. The fourth-order valence-electron chi connectivity index (χ4n) is 1.85. The minimum atomic E-state index is 0.399. The zero-order valence-corrected chi connectivity index (χ0v) is 11.3. The number of hydrogen-bond donors (Lipinski definition) is 1. The molecule has 3 heteroatoms. The summed E-state index contributed by atoms with van der Waals surface area (Å²) in [5.74, 6) is 0. The lowest BCUT2D eigenvalue weighted by atomic mass is 10.0. The molecule has 2 rings (SSSR count). The maximum atomic E-state index is 4.39. The van der Waals surface area contributed by atoms with Crippen molar-refractivity contribution >= 4 is 11.3 Å². The van der Waals surface area contributed by atoms with Gasteiger partial charge in [-0.15, -0.1) is 11.3 Å². The molecule has 0 saturated carbocycles. The van der Waals surface area contributed by atoms with Crippen LogP contribution in [0.15, 0.2) is 29.8 Å². The zero-order chi connectivity index (χ0) is 12.3. The maximum Gasteiger partial charge on any atom is 0.0801 e. The van der Waals surface area contributed by atoms with Gasteiger partial charge in [0.1, 0.15) is 0 Å². The van der Waals surface area contributed by atoms with Gasteiger partial charge in [0.25, 0.3) is 0 Å². The van der Waals surface area contributed by atoms with Gasteiger partial charge >= 0.3 is 0 Å². The molecule has 0 aliphatic carbocycles. The molecule has 0 spiro atoms. The normalized spacial score (nSPS) is 12.6. The number of aryl methyl sites for hydroxylation is 1. The Kier molecular flexibility index (Phi) is 3.92. The van der Waals surface area contributed by atoms with Crippen LogP contribution in [0.3, 0.4) is 0 Å². The summed E-state index contributed by atoms with van der Waals surface area (Å²) in [5, 5.41) is 3.25. The van der Waals surface area contributed by atoms with Crippen LogP contribution in [0.25, 0.3) is 10.4 Å². The van der Waals surface area contributed by atoms with Crippen LogP contribution >= 0.6 is 11.3 Å². The van der Waals surface area contributed by atoms with E-state index in [2.05, 4.69) is 48.4 Å². The van der Waals surface area contributed by atoms with Crippen molar-refractivity contribution in [3.8, 4) is 10.4 Å². The van der Waals surface area contributed by atoms with Gasteiger partial charge in [0, 0.05) is 6.04 Å². The van der Waals surface area contributed by atoms with Crippen LogP contribution in [0.5, 0.6) is 0 Å². The van der Waals surface area contributed by atoms with Crippen LogP contribution in [-0.2, 0) is 6.42 Å². The van der Waals surface area contributed by atoms with Crippen LogP contribution in [0, 0.1) is 0 Å². The first-order valence-corrected chi connectivity index (χ1v) is 6.84. The van der Waals surface area contributed by atoms with E-state index in [4.69, 9.17) is 0 Å². The first kappa shape index (κ1) is 12.3. The number of rotatable bonds is 4. The van der Waals surface area contributed by atoms with Crippen molar-refractivity contribution in [1.29, 1.82) is 0 Å². The fourth-order valence-corrected chi connectivity index (χ4v) is 2.74. The predicted molar refractivity (Wildman–Crippen MR) is 74.4 cm³/mol. The Balaban J connectivity index is 2.29. The minimum absolute atomic E-state index is 0.399. The van der Waals surface area contributed by atoms with Crippen molar-refractivity contribution in [2.24, 2.45) is 0 Å². The highest BCUT2D eigenvalue weighted by Gasteiger charge is 2.08. The third-order valence-electron chi connectivity index (χ3n) is 3.08. The summed E-state index contributed by atoms with van der Waals surface area (Å²) < 4.78 is 0. The van der Waals surface area contributed by atoms with Gasteiger partial charge in [-0.25, -0.2) is 4.98 Å². The second kappa shape index (κ2) is 5.43. The van der Waals surface area contributed by atoms with E-state index >= 15 is 0 Å². The van der Waals surface area contributed by atoms with Crippen LogP contribution in [0.4, 0.5) is 0 Å². The molecule has 2 aromatic rings. The lowest BCUT2D eigenvalue weighted by Crippen LogP contribution is -2.11. The molecule has 0 bridgehead atoms. The van der Waals surface area contributed by atoms with Gasteiger partial charge in [-0.3, -0.25) is 0 Å². The number of nitrogens with zero attached hydrogens (tertiary/aromatic N) is 1. The van der Waals surface area contributed by atoms with E-state index < -0.39 is 0 Å². The van der Waals surface area contributed by atoms with E-state index in [0.717, 1.165) is 6.42 Å². The van der Waals surface area contributed by atoms with Crippen molar-refractivity contribution in [2.75, 3.05) is 7.05 Å². The van der Waals surface area contributed by atoms with Gasteiger partial charge < -0.3 is 5.32 Å². The van der Waals surface area contributed by atoms with Crippen molar-refractivity contribution in [3.05, 3.63) is 41.0 Å². The molecule has 0 radical (unpaired) electrons. The van der Waals surface area contributed by atoms with Crippen molar-refractivity contribution in [2.45, 2.75) is 26.3 Å². The highest BCUT2D eigenvalue weighted by Crippen LogP contribution is 2.28. The number of benzene rings is 1. The second-order valence-electron chi connectivity index (χ2n) is 4.11. The van der Waals surface area contributed by atoms with E-state index in [1.54, 1.807) is 11.3 Å². The summed E-state index contributed by atoms with van der Waals surface area (Å²) in [6.07, 6.45) is 0.994. The molecule has 0 fully saturated rings. The van der Waals surface area contributed by atoms with Gasteiger partial charge in [0.2, 0.25) is 0 Å². The van der Waals surface area contributed by atoms with Crippen molar-refractivity contribution in [3.63, 3.8) is 0 Å². The Hall–Kier alpha value is -1.19. The molecule has 1 atom stereocenters. The molecule has 1 aromatic carbocycles. The average Bonchev–Trinajstić information content (AvgIpc) is 2.86. The maximum absolute atomic E-state index is 4.39.